The molecule has 0 heterocycles. The molecule has 0 aliphatic carbocycles. The average Bonchev–Trinajstić information content (AvgIpc) is 2.02. The molecule has 0 saturated carbocycles. The van der Waals surface area contributed by atoms with Gasteiger partial charge in [-0.1, -0.05) is 0 Å². The molecule has 0 aromatic heterocycles. The van der Waals surface area contributed by atoms with Crippen molar-refractivity contribution >= 4 is 42.2 Å². The van der Waals surface area contributed by atoms with Gasteiger partial charge in [-0.05, 0) is 0 Å². The summed E-state index contributed by atoms with van der Waals surface area (Å²) in [5.74, 6) is -1.20. The molecule has 0 aromatic carbocycles. The predicted molar refractivity (Wildman–Crippen MR) is 49.7 cm³/mol. The molecule has 0 bridgehead atoms. The summed E-state index contributed by atoms with van der Waals surface area (Å²) in [4.78, 5) is 0. The standard InChI is InChI=1S/2C2H6O4S.Sn/c2*3-1-2-7(4,5)6;/h2*3H,1-2H2,(H,4,5,6);/q;;+2/p-2. The third kappa shape index (κ3) is 8.36. The van der Waals surface area contributed by atoms with E-state index in [0.717, 1.165) is 0 Å². The molecule has 0 unspecified atom stereocenters. The van der Waals surface area contributed by atoms with Crippen LogP contribution in [0, 0.1) is 0 Å². The van der Waals surface area contributed by atoms with E-state index >= 15 is 0 Å². The van der Waals surface area contributed by atoms with Gasteiger partial charge in [-0.2, -0.15) is 0 Å². The summed E-state index contributed by atoms with van der Waals surface area (Å²) in [6, 6.07) is 0. The Morgan fingerprint density at radius 3 is 1.47 bits per heavy atom. The van der Waals surface area contributed by atoms with Crippen LogP contribution in [0.15, 0.2) is 0 Å². The summed E-state index contributed by atoms with van der Waals surface area (Å²) >= 11 is -2.51. The fraction of sp³-hybridized carbons (Fsp3) is 1.00. The molecule has 0 aliphatic heterocycles. The first-order valence-electron chi connectivity index (χ1n) is 3.62. The van der Waals surface area contributed by atoms with E-state index in [1.807, 2.05) is 0 Å². The molecule has 2 radical (unpaired) electrons. The fourth-order valence-corrected chi connectivity index (χ4v) is 5.27. The van der Waals surface area contributed by atoms with E-state index in [1.165, 1.54) is 0 Å². The summed E-state index contributed by atoms with van der Waals surface area (Å²) in [5, 5.41) is 16.6. The van der Waals surface area contributed by atoms with E-state index in [-0.39, 0.29) is 0 Å². The van der Waals surface area contributed by atoms with Gasteiger partial charge in [0.2, 0.25) is 0 Å². The summed E-state index contributed by atoms with van der Waals surface area (Å²) in [7, 11) is -7.79. The van der Waals surface area contributed by atoms with Gasteiger partial charge >= 0.3 is 99.0 Å². The van der Waals surface area contributed by atoms with Crippen molar-refractivity contribution in [2.24, 2.45) is 0 Å². The molecule has 0 atom stereocenters. The molecule has 0 fully saturated rings. The molecular weight excluding hydrogens is 359 g/mol. The van der Waals surface area contributed by atoms with E-state index in [4.69, 9.17) is 10.2 Å². The van der Waals surface area contributed by atoms with Crippen LogP contribution in [0.25, 0.3) is 0 Å². The second-order valence-electron chi connectivity index (χ2n) is 2.22. The quantitative estimate of drug-likeness (QED) is 0.440. The Hall–Kier alpha value is 0.539. The molecule has 0 saturated heterocycles. The summed E-state index contributed by atoms with van der Waals surface area (Å²) in [5.41, 5.74) is 0. The Labute approximate surface area is 98.8 Å². The minimum atomic E-state index is -3.90. The van der Waals surface area contributed by atoms with Crippen molar-refractivity contribution < 1.29 is 32.1 Å². The first kappa shape index (κ1) is 15.5. The zero-order chi connectivity index (χ0) is 11.9. The molecule has 0 aromatic rings. The van der Waals surface area contributed by atoms with Gasteiger partial charge in [0.15, 0.2) is 0 Å². The third-order valence-corrected chi connectivity index (χ3v) is 8.53. The van der Waals surface area contributed by atoms with Gasteiger partial charge < -0.3 is 0 Å². The number of rotatable bonds is 8. The summed E-state index contributed by atoms with van der Waals surface area (Å²) in [6.45, 7) is -1.21. The molecule has 0 aliphatic rings. The molecule has 0 spiro atoms. The Kier molecular flexibility index (Phi) is 7.23. The maximum absolute atomic E-state index is 10.8. The van der Waals surface area contributed by atoms with E-state index in [9.17, 15) is 16.8 Å². The Bertz CT molecular complexity index is 322. The molecule has 0 rings (SSSR count). The van der Waals surface area contributed by atoms with Gasteiger partial charge in [0.25, 0.3) is 0 Å². The van der Waals surface area contributed by atoms with Crippen molar-refractivity contribution in [2.45, 2.75) is 0 Å². The van der Waals surface area contributed by atoms with Crippen LogP contribution in [-0.2, 0) is 25.3 Å². The van der Waals surface area contributed by atoms with Crippen LogP contribution >= 0.6 is 0 Å². The Morgan fingerprint density at radius 1 is 0.867 bits per heavy atom. The van der Waals surface area contributed by atoms with Crippen molar-refractivity contribution in [1.82, 2.24) is 0 Å². The molecule has 11 heteroatoms. The Balaban J connectivity index is 4.00. The van der Waals surface area contributed by atoms with Crippen LogP contribution in [0.2, 0.25) is 0 Å². The number of aliphatic hydroxyl groups is 2. The van der Waals surface area contributed by atoms with Gasteiger partial charge in [0.1, 0.15) is 0 Å². The molecule has 15 heavy (non-hydrogen) atoms. The zero-order valence-corrected chi connectivity index (χ0v) is 12.0. The van der Waals surface area contributed by atoms with Crippen LogP contribution in [0.1, 0.15) is 0 Å². The van der Waals surface area contributed by atoms with Gasteiger partial charge in [0.05, 0.1) is 0 Å². The first-order valence-corrected chi connectivity index (χ1v) is 9.10. The molecule has 2 N–H and O–H groups in total. The van der Waals surface area contributed by atoms with Crippen LogP contribution < -0.4 is 0 Å². The normalized spacial score (nSPS) is 12.9. The van der Waals surface area contributed by atoms with E-state index < -0.39 is 66.9 Å². The molecule has 0 amide bonds. The van der Waals surface area contributed by atoms with Gasteiger partial charge in [-0.25, -0.2) is 0 Å². The second kappa shape index (κ2) is 6.98. The second-order valence-corrected chi connectivity index (χ2v) is 8.93. The van der Waals surface area contributed by atoms with E-state index in [1.54, 1.807) is 0 Å². The number of hydrogen-bond acceptors (Lipinski definition) is 8. The minimum absolute atomic E-state index is 0.600. The summed E-state index contributed by atoms with van der Waals surface area (Å²) < 4.78 is 51.7. The monoisotopic (exact) mass is 370 g/mol. The van der Waals surface area contributed by atoms with Crippen molar-refractivity contribution in [2.75, 3.05) is 24.7 Å². The molecular formula is C4H10O8S2Sn. The van der Waals surface area contributed by atoms with E-state index in [2.05, 4.69) is 5.04 Å². The van der Waals surface area contributed by atoms with Crippen LogP contribution in [0.3, 0.4) is 0 Å². The van der Waals surface area contributed by atoms with Crippen molar-refractivity contribution in [1.29, 1.82) is 0 Å². The van der Waals surface area contributed by atoms with Crippen LogP contribution in [0.4, 0.5) is 0 Å². The molecule has 8 nitrogen and oxygen atoms in total. The van der Waals surface area contributed by atoms with Crippen molar-refractivity contribution in [3.63, 3.8) is 0 Å². The predicted octanol–water partition coefficient (Wildman–Crippen LogP) is -2.80. The Morgan fingerprint density at radius 2 is 1.20 bits per heavy atom. The SMILES string of the molecule is O=S(=O)(CCO)[O][Sn][O]S(=O)(=O)CCO. The van der Waals surface area contributed by atoms with E-state index in [0.29, 0.717) is 0 Å². The van der Waals surface area contributed by atoms with Crippen LogP contribution in [0.5, 0.6) is 0 Å². The van der Waals surface area contributed by atoms with Crippen LogP contribution in [-0.4, -0.2) is 73.7 Å². The van der Waals surface area contributed by atoms with Gasteiger partial charge in [-0.15, -0.1) is 0 Å². The summed E-state index contributed by atoms with van der Waals surface area (Å²) in [6.07, 6.45) is 0. The topological polar surface area (TPSA) is 127 Å². The number of hydrogen-bond donors (Lipinski definition) is 2. The number of aliphatic hydroxyl groups excluding tert-OH is 2. The van der Waals surface area contributed by atoms with Gasteiger partial charge in [-0.3, -0.25) is 0 Å². The zero-order valence-electron chi connectivity index (χ0n) is 7.49. The van der Waals surface area contributed by atoms with Crippen molar-refractivity contribution in [3.8, 4) is 0 Å². The van der Waals surface area contributed by atoms with Crippen molar-refractivity contribution in [3.05, 3.63) is 0 Å². The average molecular weight is 369 g/mol. The molecule has 90 valence electrons. The first-order chi connectivity index (χ1) is 6.83. The maximum atomic E-state index is 10.8. The third-order valence-electron chi connectivity index (χ3n) is 1.00. The van der Waals surface area contributed by atoms with Gasteiger partial charge in [0, 0.05) is 0 Å². The fourth-order valence-electron chi connectivity index (χ4n) is 0.424.